The molecule has 43 heavy (non-hydrogen) atoms. The molecule has 0 bridgehead atoms. The molecule has 4 atom stereocenters. The van der Waals surface area contributed by atoms with Crippen molar-refractivity contribution in [1.82, 2.24) is 25.4 Å². The zero-order chi connectivity index (χ0) is 30.2. The number of nitrogens with zero attached hydrogens (tertiary/aromatic N) is 5. The highest BCUT2D eigenvalue weighted by atomic mass is 32.2. The van der Waals surface area contributed by atoms with E-state index in [1.165, 1.54) is 17.1 Å². The summed E-state index contributed by atoms with van der Waals surface area (Å²) in [6.45, 7) is 2.03. The average molecular weight is 626 g/mol. The lowest BCUT2D eigenvalue weighted by molar-refractivity contribution is -0.699. The lowest BCUT2D eigenvalue weighted by atomic mass is 10.0. The summed E-state index contributed by atoms with van der Waals surface area (Å²) in [6, 6.07) is 5.16. The Morgan fingerprint density at radius 1 is 1.28 bits per heavy atom. The number of nitrogens with two attached hydrogens (primary N) is 1. The number of nitrogen functional groups attached to an aromatic ring is 1. The monoisotopic (exact) mass is 625 g/mol. The van der Waals surface area contributed by atoms with Crippen molar-refractivity contribution in [3.05, 3.63) is 64.6 Å². The number of pyridine rings is 1. The van der Waals surface area contributed by atoms with Gasteiger partial charge in [-0.2, -0.15) is 0 Å². The number of aliphatic carboxylic acids is 1. The molecule has 6 rings (SSSR count). The Hall–Kier alpha value is -4.28. The van der Waals surface area contributed by atoms with Crippen LogP contribution in [-0.4, -0.2) is 96.8 Å². The van der Waals surface area contributed by atoms with Crippen LogP contribution in [0.5, 0.6) is 0 Å². The second-order valence-corrected chi connectivity index (χ2v) is 12.5. The van der Waals surface area contributed by atoms with Crippen molar-refractivity contribution in [2.75, 3.05) is 24.6 Å². The first-order chi connectivity index (χ1) is 20.7. The molecular formula is C27H29N8O6S2+. The maximum Gasteiger partial charge on any atom is 0.352 e. The number of β-lactam (4-membered cyclic amide) rings is 1. The minimum absolute atomic E-state index is 0.0418. The molecule has 3 saturated heterocycles. The Kier molecular flexibility index (Phi) is 7.89. The molecule has 0 spiro atoms. The van der Waals surface area contributed by atoms with Crippen molar-refractivity contribution >= 4 is 57.6 Å². The number of hydrogen-bond acceptors (Lipinski definition) is 11. The third-order valence-electron chi connectivity index (χ3n) is 7.92. The van der Waals surface area contributed by atoms with E-state index in [9.17, 15) is 29.5 Å². The zero-order valence-corrected chi connectivity index (χ0v) is 24.4. The van der Waals surface area contributed by atoms with Crippen molar-refractivity contribution in [2.45, 2.75) is 42.9 Å². The number of rotatable bonds is 8. The van der Waals surface area contributed by atoms with Crippen LogP contribution in [0.25, 0.3) is 0 Å². The predicted octanol–water partition coefficient (Wildman–Crippen LogP) is -0.481. The van der Waals surface area contributed by atoms with Crippen LogP contribution in [0.15, 0.2) is 64.0 Å². The van der Waals surface area contributed by atoms with Crippen LogP contribution < -0.4 is 20.9 Å². The molecule has 16 heteroatoms. The minimum atomic E-state index is -1.30. The summed E-state index contributed by atoms with van der Waals surface area (Å²) in [4.78, 5) is 58.5. The smallest absolute Gasteiger partial charge is 0.352 e. The van der Waals surface area contributed by atoms with Gasteiger partial charge < -0.3 is 31.6 Å². The number of carbonyl (C=O) groups is 4. The van der Waals surface area contributed by atoms with E-state index in [0.29, 0.717) is 30.7 Å². The van der Waals surface area contributed by atoms with E-state index in [2.05, 4.69) is 25.3 Å². The molecule has 2 aromatic rings. The standard InChI is InChI=1S/C27H28N8O6S2/c28-27-30-18(13-43-27)19(32-41)22(36)31-20-24(38)35-21(26(39)40)15(12-42-25(20)35)8-14-4-7-34(23(14)37)17-9-16(29-10-17)11-33-5-2-1-3-6-33/h1-3,5-6,8,13,16-17,20,25,29H,4,7,9-12H2,(H4-,28,30,31,36,39,40,41)/p+1/t16?,17?,20-,25-/m1/s1. The maximum absolute atomic E-state index is 13.4. The highest BCUT2D eigenvalue weighted by Crippen LogP contribution is 2.41. The number of thioether (sulfide) groups is 1. The SMILES string of the molecule is Nc1nc(C(=NO)C(=O)N[C@@H]2C(=O)N3C(C(=O)O)=C(C=C4CCN(C5CNC(C[n+]6ccccc6)C5)C4=O)CS[C@H]23)cs1. The van der Waals surface area contributed by atoms with Crippen LogP contribution in [-0.2, 0) is 25.7 Å². The molecule has 6 N–H and O–H groups in total. The number of carboxylic acid groups (broad SMARTS) is 1. The summed E-state index contributed by atoms with van der Waals surface area (Å²) in [5.41, 5.74) is 5.92. The number of likely N-dealkylation sites (tertiary alicyclic amines) is 1. The Morgan fingerprint density at radius 3 is 2.77 bits per heavy atom. The van der Waals surface area contributed by atoms with Crippen LogP contribution in [0, 0.1) is 0 Å². The lowest BCUT2D eigenvalue weighted by Crippen LogP contribution is -2.71. The number of anilines is 1. The van der Waals surface area contributed by atoms with Gasteiger partial charge >= 0.3 is 5.97 Å². The zero-order valence-electron chi connectivity index (χ0n) is 22.8. The van der Waals surface area contributed by atoms with Crippen molar-refractivity contribution in [3.8, 4) is 0 Å². The highest BCUT2D eigenvalue weighted by Gasteiger charge is 2.54. The molecule has 14 nitrogen and oxygen atoms in total. The normalized spacial score (nSPS) is 26.6. The molecule has 4 aliphatic rings. The Balaban J connectivity index is 1.13. The Bertz CT molecular complexity index is 1570. The molecule has 0 radical (unpaired) electrons. The van der Waals surface area contributed by atoms with Gasteiger partial charge in [0.25, 0.3) is 11.8 Å². The topological polar surface area (TPSA) is 194 Å². The van der Waals surface area contributed by atoms with Gasteiger partial charge in [0.2, 0.25) is 5.91 Å². The molecule has 6 heterocycles. The van der Waals surface area contributed by atoms with Crippen LogP contribution in [0.4, 0.5) is 5.13 Å². The highest BCUT2D eigenvalue weighted by molar-refractivity contribution is 8.00. The average Bonchev–Trinajstić information content (AvgIpc) is 3.73. The number of nitrogens with one attached hydrogen (secondary N) is 2. The third kappa shape index (κ3) is 5.48. The van der Waals surface area contributed by atoms with Gasteiger partial charge in [-0.3, -0.25) is 19.3 Å². The van der Waals surface area contributed by atoms with Gasteiger partial charge in [0.15, 0.2) is 29.8 Å². The van der Waals surface area contributed by atoms with E-state index in [1.807, 2.05) is 35.5 Å². The number of thiazole rings is 1. The number of oxime groups is 1. The van der Waals surface area contributed by atoms with E-state index < -0.39 is 34.9 Å². The van der Waals surface area contributed by atoms with Crippen molar-refractivity contribution in [2.24, 2.45) is 5.16 Å². The number of fused-ring (bicyclic) bond motifs is 1. The molecule has 224 valence electrons. The van der Waals surface area contributed by atoms with E-state index in [4.69, 9.17) is 5.73 Å². The maximum atomic E-state index is 13.4. The summed E-state index contributed by atoms with van der Waals surface area (Å²) in [5, 5.41) is 29.4. The molecule has 2 unspecified atom stereocenters. The summed E-state index contributed by atoms with van der Waals surface area (Å²) >= 11 is 2.33. The summed E-state index contributed by atoms with van der Waals surface area (Å²) in [7, 11) is 0. The van der Waals surface area contributed by atoms with E-state index in [0.717, 1.165) is 29.2 Å². The third-order valence-corrected chi connectivity index (χ3v) is 9.90. The molecule has 4 aliphatic heterocycles. The van der Waals surface area contributed by atoms with Crippen molar-refractivity contribution in [1.29, 1.82) is 0 Å². The molecular weight excluding hydrogens is 596 g/mol. The van der Waals surface area contributed by atoms with E-state index in [-0.39, 0.29) is 40.3 Å². The van der Waals surface area contributed by atoms with Crippen molar-refractivity contribution in [3.63, 3.8) is 0 Å². The fraction of sp³-hybridized carbons (Fsp3) is 0.370. The molecule has 3 fully saturated rings. The van der Waals surface area contributed by atoms with Gasteiger partial charge in [-0.25, -0.2) is 14.3 Å². The van der Waals surface area contributed by atoms with Crippen LogP contribution in [0.2, 0.25) is 0 Å². The summed E-state index contributed by atoms with van der Waals surface area (Å²) in [5.74, 6) is -2.66. The van der Waals surface area contributed by atoms with Gasteiger partial charge in [-0.15, -0.1) is 23.1 Å². The Morgan fingerprint density at radius 2 is 2.07 bits per heavy atom. The van der Waals surface area contributed by atoms with Crippen molar-refractivity contribution < 1.29 is 34.1 Å². The number of carboxylic acids is 1. The van der Waals surface area contributed by atoms with Crippen LogP contribution in [0.1, 0.15) is 18.5 Å². The summed E-state index contributed by atoms with van der Waals surface area (Å²) < 4.78 is 2.11. The second-order valence-electron chi connectivity index (χ2n) is 10.5. The molecule has 0 aliphatic carbocycles. The number of aromatic nitrogens is 2. The van der Waals surface area contributed by atoms with E-state index >= 15 is 0 Å². The van der Waals surface area contributed by atoms with Crippen LogP contribution in [0.3, 0.4) is 0 Å². The predicted molar refractivity (Wildman–Crippen MR) is 156 cm³/mol. The fourth-order valence-electron chi connectivity index (χ4n) is 5.88. The van der Waals surface area contributed by atoms with Gasteiger partial charge in [0, 0.05) is 48.0 Å². The second kappa shape index (κ2) is 11.8. The number of hydrogen-bond donors (Lipinski definition) is 5. The minimum Gasteiger partial charge on any atom is -0.477 e. The fourth-order valence-corrected chi connectivity index (χ4v) is 7.74. The number of carbonyl (C=O) groups excluding carboxylic acids is 3. The van der Waals surface area contributed by atoms with E-state index in [1.54, 1.807) is 6.08 Å². The number of allylic oxidation sites excluding steroid dienone is 1. The molecule has 2 aromatic heterocycles. The van der Waals surface area contributed by atoms with Gasteiger partial charge in [-0.05, 0) is 24.5 Å². The first-order valence-electron chi connectivity index (χ1n) is 13.6. The molecule has 0 saturated carbocycles. The summed E-state index contributed by atoms with van der Waals surface area (Å²) in [6.07, 6.45) is 6.92. The first kappa shape index (κ1) is 28.8. The van der Waals surface area contributed by atoms with Gasteiger partial charge in [-0.1, -0.05) is 11.2 Å². The quantitative estimate of drug-likeness (QED) is 0.0639. The van der Waals surface area contributed by atoms with Crippen LogP contribution >= 0.6 is 23.1 Å². The largest absolute Gasteiger partial charge is 0.477 e. The first-order valence-corrected chi connectivity index (χ1v) is 15.5. The molecule has 0 aromatic carbocycles. The van der Waals surface area contributed by atoms with Gasteiger partial charge in [0.1, 0.15) is 22.8 Å². The Labute approximate surface area is 253 Å². The molecule has 3 amide bonds. The van der Waals surface area contributed by atoms with Gasteiger partial charge in [0.05, 0.1) is 6.04 Å². The lowest BCUT2D eigenvalue weighted by Gasteiger charge is -2.49. The number of amides is 3.